The van der Waals surface area contributed by atoms with E-state index < -0.39 is 0 Å². The summed E-state index contributed by atoms with van der Waals surface area (Å²) in [4.78, 5) is 0. The first-order chi connectivity index (χ1) is 10.2. The van der Waals surface area contributed by atoms with Gasteiger partial charge in [0.05, 0.1) is 13.7 Å². The number of methoxy groups -OCH3 is 1. The van der Waals surface area contributed by atoms with Crippen LogP contribution >= 0.6 is 0 Å². The average Bonchev–Trinajstić information content (AvgIpc) is 2.49. The molecule has 0 spiro atoms. The Balaban J connectivity index is 1.98. The molecule has 1 aromatic carbocycles. The van der Waals surface area contributed by atoms with Crippen molar-refractivity contribution in [3.05, 3.63) is 23.8 Å². The predicted molar refractivity (Wildman–Crippen MR) is 87.0 cm³/mol. The van der Waals surface area contributed by atoms with E-state index in [-0.39, 0.29) is 0 Å². The van der Waals surface area contributed by atoms with Gasteiger partial charge in [-0.3, -0.25) is 0 Å². The molecule has 0 aromatic heterocycles. The summed E-state index contributed by atoms with van der Waals surface area (Å²) in [5, 5.41) is 3.73. The molecule has 2 rings (SSSR count). The smallest absolute Gasteiger partial charge is 0.161 e. The van der Waals surface area contributed by atoms with Crippen molar-refractivity contribution in [3.63, 3.8) is 0 Å². The van der Waals surface area contributed by atoms with Gasteiger partial charge in [0.2, 0.25) is 0 Å². The largest absolute Gasteiger partial charge is 0.493 e. The second-order valence-corrected chi connectivity index (χ2v) is 6.17. The van der Waals surface area contributed by atoms with Crippen LogP contribution in [-0.2, 0) is 6.54 Å². The zero-order valence-electron chi connectivity index (χ0n) is 13.8. The van der Waals surface area contributed by atoms with Crippen LogP contribution in [0.2, 0.25) is 0 Å². The number of ether oxygens (including phenoxy) is 2. The van der Waals surface area contributed by atoms with Crippen molar-refractivity contribution in [2.24, 2.45) is 11.8 Å². The molecule has 3 atom stereocenters. The molecule has 3 nitrogen and oxygen atoms in total. The standard InChI is InChI=1S/C18H29NO2/c1-5-21-18-11-15(9-10-17(18)20-4)12-19-16-8-6-7-13(2)14(16)3/h9-11,13-14,16,19H,5-8,12H2,1-4H3. The lowest BCUT2D eigenvalue weighted by atomic mass is 9.78. The van der Waals surface area contributed by atoms with Gasteiger partial charge in [0.25, 0.3) is 0 Å². The van der Waals surface area contributed by atoms with Crippen LogP contribution in [0.1, 0.15) is 45.6 Å². The molecule has 1 aliphatic rings. The maximum atomic E-state index is 5.65. The first-order valence-electron chi connectivity index (χ1n) is 8.18. The fourth-order valence-electron chi connectivity index (χ4n) is 3.22. The summed E-state index contributed by atoms with van der Waals surface area (Å²) in [7, 11) is 1.68. The predicted octanol–water partition coefficient (Wildman–Crippen LogP) is 4.01. The van der Waals surface area contributed by atoms with Crippen molar-refractivity contribution in [2.45, 2.75) is 52.6 Å². The zero-order valence-corrected chi connectivity index (χ0v) is 13.8. The minimum Gasteiger partial charge on any atom is -0.493 e. The van der Waals surface area contributed by atoms with Gasteiger partial charge in [-0.1, -0.05) is 32.8 Å². The molecule has 1 N–H and O–H groups in total. The van der Waals surface area contributed by atoms with Crippen LogP contribution in [0.4, 0.5) is 0 Å². The molecule has 21 heavy (non-hydrogen) atoms. The fraction of sp³-hybridized carbons (Fsp3) is 0.667. The maximum absolute atomic E-state index is 5.65. The van der Waals surface area contributed by atoms with Crippen molar-refractivity contribution in [1.29, 1.82) is 0 Å². The number of rotatable bonds is 6. The topological polar surface area (TPSA) is 30.5 Å². The molecule has 0 amide bonds. The molecule has 1 aliphatic carbocycles. The first kappa shape index (κ1) is 16.2. The summed E-state index contributed by atoms with van der Waals surface area (Å²) < 4.78 is 11.0. The molecule has 1 aromatic rings. The van der Waals surface area contributed by atoms with Gasteiger partial charge >= 0.3 is 0 Å². The summed E-state index contributed by atoms with van der Waals surface area (Å²) >= 11 is 0. The molecule has 0 radical (unpaired) electrons. The lowest BCUT2D eigenvalue weighted by molar-refractivity contribution is 0.206. The summed E-state index contributed by atoms with van der Waals surface area (Å²) in [5.74, 6) is 3.22. The van der Waals surface area contributed by atoms with Crippen LogP contribution in [0.25, 0.3) is 0 Å². The Labute approximate surface area is 129 Å². The summed E-state index contributed by atoms with van der Waals surface area (Å²) in [6.45, 7) is 8.30. The summed E-state index contributed by atoms with van der Waals surface area (Å²) in [6.07, 6.45) is 4.01. The molecular weight excluding hydrogens is 262 g/mol. The molecule has 0 bridgehead atoms. The Kier molecular flexibility index (Phi) is 5.92. The maximum Gasteiger partial charge on any atom is 0.161 e. The second-order valence-electron chi connectivity index (χ2n) is 6.17. The second kappa shape index (κ2) is 7.69. The van der Waals surface area contributed by atoms with Crippen LogP contribution in [0, 0.1) is 11.8 Å². The first-order valence-corrected chi connectivity index (χ1v) is 8.18. The molecule has 0 heterocycles. The molecule has 1 fully saturated rings. The Morgan fingerprint density at radius 2 is 2.00 bits per heavy atom. The van der Waals surface area contributed by atoms with Crippen molar-refractivity contribution < 1.29 is 9.47 Å². The van der Waals surface area contributed by atoms with Gasteiger partial charge in [-0.2, -0.15) is 0 Å². The Bertz CT molecular complexity index is 447. The molecular formula is C18H29NO2. The van der Waals surface area contributed by atoms with Gasteiger partial charge in [-0.25, -0.2) is 0 Å². The van der Waals surface area contributed by atoms with E-state index in [1.807, 2.05) is 13.0 Å². The third kappa shape index (κ3) is 4.13. The van der Waals surface area contributed by atoms with Crippen LogP contribution < -0.4 is 14.8 Å². The molecule has 3 unspecified atom stereocenters. The average molecular weight is 291 g/mol. The number of hydrogen-bond acceptors (Lipinski definition) is 3. The van der Waals surface area contributed by atoms with Crippen LogP contribution in [0.3, 0.4) is 0 Å². The number of nitrogens with one attached hydrogen (secondary N) is 1. The van der Waals surface area contributed by atoms with Crippen LogP contribution in [-0.4, -0.2) is 19.8 Å². The molecule has 118 valence electrons. The third-order valence-corrected chi connectivity index (χ3v) is 4.80. The van der Waals surface area contributed by atoms with Gasteiger partial charge in [-0.15, -0.1) is 0 Å². The van der Waals surface area contributed by atoms with Gasteiger partial charge < -0.3 is 14.8 Å². The third-order valence-electron chi connectivity index (χ3n) is 4.80. The quantitative estimate of drug-likeness (QED) is 0.859. The number of benzene rings is 1. The molecule has 0 aliphatic heterocycles. The zero-order chi connectivity index (χ0) is 15.2. The SMILES string of the molecule is CCOc1cc(CNC2CCCC(C)C2C)ccc1OC. The highest BCUT2D eigenvalue weighted by Crippen LogP contribution is 2.31. The molecule has 3 heteroatoms. The minimum atomic E-state index is 0.631. The molecule has 0 saturated heterocycles. The normalized spacial score (nSPS) is 25.6. The highest BCUT2D eigenvalue weighted by atomic mass is 16.5. The van der Waals surface area contributed by atoms with E-state index in [4.69, 9.17) is 9.47 Å². The van der Waals surface area contributed by atoms with E-state index >= 15 is 0 Å². The summed E-state index contributed by atoms with van der Waals surface area (Å²) in [6, 6.07) is 6.83. The highest BCUT2D eigenvalue weighted by molar-refractivity contribution is 5.42. The van der Waals surface area contributed by atoms with Crippen molar-refractivity contribution >= 4 is 0 Å². The monoisotopic (exact) mass is 291 g/mol. The molecule has 1 saturated carbocycles. The lowest BCUT2D eigenvalue weighted by Crippen LogP contribution is -2.40. The highest BCUT2D eigenvalue weighted by Gasteiger charge is 2.26. The van der Waals surface area contributed by atoms with Crippen molar-refractivity contribution in [3.8, 4) is 11.5 Å². The van der Waals surface area contributed by atoms with E-state index in [1.165, 1.54) is 24.8 Å². The lowest BCUT2D eigenvalue weighted by Gasteiger charge is -2.34. The van der Waals surface area contributed by atoms with E-state index in [1.54, 1.807) is 7.11 Å². The Morgan fingerprint density at radius 3 is 2.71 bits per heavy atom. The Hall–Kier alpha value is -1.22. The van der Waals surface area contributed by atoms with Crippen molar-refractivity contribution in [2.75, 3.05) is 13.7 Å². The van der Waals surface area contributed by atoms with Gasteiger partial charge in [0.15, 0.2) is 11.5 Å². The fourth-order valence-corrected chi connectivity index (χ4v) is 3.22. The van der Waals surface area contributed by atoms with Crippen LogP contribution in [0.5, 0.6) is 11.5 Å². The van der Waals surface area contributed by atoms with Gasteiger partial charge in [0.1, 0.15) is 0 Å². The van der Waals surface area contributed by atoms with Gasteiger partial charge in [0, 0.05) is 12.6 Å². The Morgan fingerprint density at radius 1 is 1.19 bits per heavy atom. The number of hydrogen-bond donors (Lipinski definition) is 1. The van der Waals surface area contributed by atoms with E-state index in [0.717, 1.165) is 29.9 Å². The van der Waals surface area contributed by atoms with Crippen LogP contribution in [0.15, 0.2) is 18.2 Å². The van der Waals surface area contributed by atoms with Gasteiger partial charge in [-0.05, 0) is 42.9 Å². The summed E-state index contributed by atoms with van der Waals surface area (Å²) in [5.41, 5.74) is 1.25. The van der Waals surface area contributed by atoms with E-state index in [2.05, 4.69) is 31.3 Å². The van der Waals surface area contributed by atoms with Crippen molar-refractivity contribution in [1.82, 2.24) is 5.32 Å². The minimum absolute atomic E-state index is 0.631. The van der Waals surface area contributed by atoms with E-state index in [9.17, 15) is 0 Å². The van der Waals surface area contributed by atoms with E-state index in [0.29, 0.717) is 12.6 Å².